The number of nitrogens with zero attached hydrogens (tertiary/aromatic N) is 1. The van der Waals surface area contributed by atoms with Crippen LogP contribution in [0.4, 0.5) is 0 Å². The quantitative estimate of drug-likeness (QED) is 0.731. The van der Waals surface area contributed by atoms with E-state index in [0.29, 0.717) is 6.42 Å². The Kier molecular flexibility index (Phi) is 6.55. The minimum absolute atomic E-state index is 0.0906. The Bertz CT molecular complexity index is 399. The van der Waals surface area contributed by atoms with Crippen LogP contribution in [-0.2, 0) is 11.2 Å². The van der Waals surface area contributed by atoms with Crippen molar-refractivity contribution in [2.24, 2.45) is 0 Å². The number of rotatable bonds is 8. The van der Waals surface area contributed by atoms with Crippen LogP contribution in [0.2, 0.25) is 0 Å². The van der Waals surface area contributed by atoms with Crippen LogP contribution < -0.4 is 5.32 Å². The van der Waals surface area contributed by atoms with Gasteiger partial charge in [-0.05, 0) is 39.3 Å². The summed E-state index contributed by atoms with van der Waals surface area (Å²) in [6, 6.07) is 12.7. The minimum Gasteiger partial charge on any atom is -0.378 e. The third-order valence-electron chi connectivity index (χ3n) is 3.35. The van der Waals surface area contributed by atoms with Crippen molar-refractivity contribution in [1.29, 1.82) is 5.26 Å². The van der Waals surface area contributed by atoms with Gasteiger partial charge in [-0.15, -0.1) is 0 Å². The van der Waals surface area contributed by atoms with Crippen molar-refractivity contribution in [2.45, 2.75) is 44.8 Å². The van der Waals surface area contributed by atoms with Gasteiger partial charge < -0.3 is 10.1 Å². The molecule has 0 spiro atoms. The fourth-order valence-electron chi connectivity index (χ4n) is 2.04. The summed E-state index contributed by atoms with van der Waals surface area (Å²) >= 11 is 0. The molecule has 1 aromatic carbocycles. The minimum atomic E-state index is -0.501. The van der Waals surface area contributed by atoms with Crippen LogP contribution in [-0.4, -0.2) is 25.3 Å². The van der Waals surface area contributed by atoms with Gasteiger partial charge in [0.25, 0.3) is 0 Å². The molecule has 2 unspecified atom stereocenters. The maximum atomic E-state index is 9.09. The van der Waals surface area contributed by atoms with Crippen molar-refractivity contribution in [2.75, 3.05) is 13.7 Å². The Labute approximate surface area is 116 Å². The highest BCUT2D eigenvalue weighted by Crippen LogP contribution is 2.13. The maximum Gasteiger partial charge on any atom is 0.106 e. The summed E-state index contributed by atoms with van der Waals surface area (Å²) in [5.74, 6) is 0. The average molecular weight is 260 g/mol. The predicted octanol–water partition coefficient (Wildman–Crippen LogP) is 2.92. The second-order valence-corrected chi connectivity index (χ2v) is 5.17. The normalized spacial score (nSPS) is 15.5. The Morgan fingerprint density at radius 1 is 1.37 bits per heavy atom. The third kappa shape index (κ3) is 5.87. The van der Waals surface area contributed by atoms with Crippen molar-refractivity contribution in [3.05, 3.63) is 35.9 Å². The topological polar surface area (TPSA) is 45.0 Å². The van der Waals surface area contributed by atoms with E-state index in [1.807, 2.05) is 27.0 Å². The molecule has 1 N–H and O–H groups in total. The van der Waals surface area contributed by atoms with E-state index < -0.39 is 5.54 Å². The first kappa shape index (κ1) is 15.7. The Balaban J connectivity index is 2.21. The van der Waals surface area contributed by atoms with Gasteiger partial charge in [0.1, 0.15) is 5.54 Å². The molecule has 0 saturated carbocycles. The summed E-state index contributed by atoms with van der Waals surface area (Å²) < 4.78 is 5.77. The molecule has 0 aliphatic rings. The van der Waals surface area contributed by atoms with Gasteiger partial charge in [0, 0.05) is 13.0 Å². The lowest BCUT2D eigenvalue weighted by Crippen LogP contribution is -2.41. The lowest BCUT2D eigenvalue weighted by molar-refractivity contribution is 0.0471. The summed E-state index contributed by atoms with van der Waals surface area (Å²) in [4.78, 5) is 0. The summed E-state index contributed by atoms with van der Waals surface area (Å²) in [7, 11) is 1.81. The number of hydrogen-bond acceptors (Lipinski definition) is 3. The van der Waals surface area contributed by atoms with Gasteiger partial charge in [0.05, 0.1) is 12.2 Å². The van der Waals surface area contributed by atoms with Crippen LogP contribution in [0, 0.1) is 11.3 Å². The van der Waals surface area contributed by atoms with Gasteiger partial charge in [-0.25, -0.2) is 0 Å². The SMILES string of the molecule is CNC(C)(C#N)CC(C)OCCCc1ccccc1. The molecule has 2 atom stereocenters. The van der Waals surface area contributed by atoms with Crippen LogP contribution in [0.15, 0.2) is 30.3 Å². The van der Waals surface area contributed by atoms with E-state index in [4.69, 9.17) is 10.00 Å². The predicted molar refractivity (Wildman–Crippen MR) is 77.9 cm³/mol. The van der Waals surface area contributed by atoms with Crippen LogP contribution >= 0.6 is 0 Å². The second kappa shape index (κ2) is 7.93. The monoisotopic (exact) mass is 260 g/mol. The van der Waals surface area contributed by atoms with Crippen LogP contribution in [0.3, 0.4) is 0 Å². The fourth-order valence-corrected chi connectivity index (χ4v) is 2.04. The van der Waals surface area contributed by atoms with Gasteiger partial charge in [-0.1, -0.05) is 30.3 Å². The van der Waals surface area contributed by atoms with Gasteiger partial charge in [-0.3, -0.25) is 0 Å². The zero-order chi connectivity index (χ0) is 14.1. The maximum absolute atomic E-state index is 9.09. The molecule has 0 heterocycles. The van der Waals surface area contributed by atoms with E-state index >= 15 is 0 Å². The highest BCUT2D eigenvalue weighted by Gasteiger charge is 2.24. The number of hydrogen-bond donors (Lipinski definition) is 1. The number of aryl methyl sites for hydroxylation is 1. The highest BCUT2D eigenvalue weighted by atomic mass is 16.5. The first-order valence-electron chi connectivity index (χ1n) is 6.85. The molecule has 0 aliphatic heterocycles. The van der Waals surface area contributed by atoms with Gasteiger partial charge in [0.15, 0.2) is 0 Å². The van der Waals surface area contributed by atoms with E-state index in [2.05, 4.69) is 35.7 Å². The summed E-state index contributed by atoms with van der Waals surface area (Å²) in [6.45, 7) is 4.66. The molecule has 1 rings (SSSR count). The van der Waals surface area contributed by atoms with Crippen LogP contribution in [0.5, 0.6) is 0 Å². The molecule has 104 valence electrons. The Hall–Kier alpha value is -1.37. The van der Waals surface area contributed by atoms with E-state index in [9.17, 15) is 0 Å². The van der Waals surface area contributed by atoms with Crippen molar-refractivity contribution in [1.82, 2.24) is 5.32 Å². The Morgan fingerprint density at radius 3 is 2.63 bits per heavy atom. The zero-order valence-corrected chi connectivity index (χ0v) is 12.1. The first-order chi connectivity index (χ1) is 9.09. The van der Waals surface area contributed by atoms with E-state index in [0.717, 1.165) is 19.4 Å². The standard InChI is InChI=1S/C16H24N2O/c1-14(12-16(2,13-17)18-3)19-11-7-10-15-8-5-4-6-9-15/h4-6,8-9,14,18H,7,10-12H2,1-3H3. The molecule has 0 aliphatic carbocycles. The van der Waals surface area contributed by atoms with Crippen LogP contribution in [0.25, 0.3) is 0 Å². The molecule has 3 nitrogen and oxygen atoms in total. The smallest absolute Gasteiger partial charge is 0.106 e. The molecule has 0 bridgehead atoms. The number of ether oxygens (including phenoxy) is 1. The summed E-state index contributed by atoms with van der Waals surface area (Å²) in [5.41, 5.74) is 0.842. The molecule has 3 heteroatoms. The molecule has 0 saturated heterocycles. The second-order valence-electron chi connectivity index (χ2n) is 5.17. The van der Waals surface area contributed by atoms with Crippen molar-refractivity contribution in [3.63, 3.8) is 0 Å². The third-order valence-corrected chi connectivity index (χ3v) is 3.35. The lowest BCUT2D eigenvalue weighted by atomic mass is 9.97. The molecular formula is C16H24N2O. The fraction of sp³-hybridized carbons (Fsp3) is 0.562. The van der Waals surface area contributed by atoms with E-state index in [1.165, 1.54) is 5.56 Å². The van der Waals surface area contributed by atoms with Crippen molar-refractivity contribution in [3.8, 4) is 6.07 Å². The van der Waals surface area contributed by atoms with E-state index in [-0.39, 0.29) is 6.10 Å². The van der Waals surface area contributed by atoms with Gasteiger partial charge >= 0.3 is 0 Å². The average Bonchev–Trinajstić information content (AvgIpc) is 2.44. The first-order valence-corrected chi connectivity index (χ1v) is 6.85. The largest absolute Gasteiger partial charge is 0.378 e. The lowest BCUT2D eigenvalue weighted by Gasteiger charge is -2.24. The number of benzene rings is 1. The molecule has 0 amide bonds. The number of nitriles is 1. The van der Waals surface area contributed by atoms with Crippen molar-refractivity contribution < 1.29 is 4.74 Å². The highest BCUT2D eigenvalue weighted by molar-refractivity contribution is 5.14. The van der Waals surface area contributed by atoms with Crippen LogP contribution in [0.1, 0.15) is 32.3 Å². The molecule has 1 aromatic rings. The molecule has 19 heavy (non-hydrogen) atoms. The zero-order valence-electron chi connectivity index (χ0n) is 12.1. The summed E-state index contributed by atoms with van der Waals surface area (Å²) in [5, 5.41) is 12.1. The molecule has 0 aromatic heterocycles. The summed E-state index contributed by atoms with van der Waals surface area (Å²) in [6.07, 6.45) is 2.84. The van der Waals surface area contributed by atoms with Crippen molar-refractivity contribution >= 4 is 0 Å². The molecular weight excluding hydrogens is 236 g/mol. The molecule has 0 radical (unpaired) electrons. The van der Waals surface area contributed by atoms with E-state index in [1.54, 1.807) is 0 Å². The number of nitrogens with one attached hydrogen (secondary N) is 1. The van der Waals surface area contributed by atoms with Gasteiger partial charge in [0.2, 0.25) is 0 Å². The van der Waals surface area contributed by atoms with Gasteiger partial charge in [-0.2, -0.15) is 5.26 Å². The Morgan fingerprint density at radius 2 is 2.05 bits per heavy atom. The molecule has 0 fully saturated rings.